The zero-order chi connectivity index (χ0) is 21.5. The van der Waals surface area contributed by atoms with Gasteiger partial charge < -0.3 is 5.32 Å². The molecule has 1 aliphatic heterocycles. The number of carbonyl (C=O) groups is 1. The van der Waals surface area contributed by atoms with Gasteiger partial charge in [-0.05, 0) is 42.5 Å². The van der Waals surface area contributed by atoms with E-state index in [1.807, 2.05) is 16.9 Å². The van der Waals surface area contributed by atoms with Crippen molar-refractivity contribution >= 4 is 23.3 Å². The Balaban J connectivity index is 1.59. The molecule has 4 heterocycles. The molecule has 1 N–H and O–H groups in total. The zero-order valence-electron chi connectivity index (χ0n) is 17.0. The molecule has 0 saturated carbocycles. The smallest absolute Gasteiger partial charge is 0.232 e. The molecule has 152 valence electrons. The van der Waals surface area contributed by atoms with Crippen LogP contribution in [0.2, 0.25) is 5.02 Å². The van der Waals surface area contributed by atoms with E-state index >= 15 is 0 Å². The maximum absolute atomic E-state index is 12.8. The monoisotopic (exact) mass is 420 g/mol. The first-order chi connectivity index (χ1) is 14.3. The van der Waals surface area contributed by atoms with Crippen molar-refractivity contribution in [2.45, 2.75) is 39.7 Å². The second-order valence-electron chi connectivity index (χ2n) is 8.35. The fourth-order valence-electron chi connectivity index (χ4n) is 3.75. The fourth-order valence-corrected chi connectivity index (χ4v) is 3.95. The third kappa shape index (κ3) is 3.79. The van der Waals surface area contributed by atoms with E-state index < -0.39 is 5.92 Å². The highest BCUT2D eigenvalue weighted by Crippen LogP contribution is 2.39. The first-order valence-electron chi connectivity index (χ1n) is 9.65. The molecule has 0 saturated heterocycles. The van der Waals surface area contributed by atoms with Crippen LogP contribution in [0.1, 0.15) is 43.6 Å². The summed E-state index contributed by atoms with van der Waals surface area (Å²) in [4.78, 5) is 21.0. The van der Waals surface area contributed by atoms with Crippen molar-refractivity contribution in [3.8, 4) is 17.2 Å². The summed E-state index contributed by atoms with van der Waals surface area (Å²) in [5.41, 5.74) is 4.03. The maximum atomic E-state index is 12.8. The van der Waals surface area contributed by atoms with Gasteiger partial charge in [0.2, 0.25) is 5.91 Å². The van der Waals surface area contributed by atoms with E-state index in [-0.39, 0.29) is 17.0 Å². The van der Waals surface area contributed by atoms with Crippen molar-refractivity contribution in [1.82, 2.24) is 19.7 Å². The Morgan fingerprint density at radius 3 is 2.87 bits per heavy atom. The summed E-state index contributed by atoms with van der Waals surface area (Å²) in [6.07, 6.45) is 5.80. The highest BCUT2D eigenvalue weighted by molar-refractivity contribution is 6.33. The predicted octanol–water partition coefficient (Wildman–Crippen LogP) is 4.19. The molecule has 1 amide bonds. The van der Waals surface area contributed by atoms with E-state index in [9.17, 15) is 4.79 Å². The van der Waals surface area contributed by atoms with Crippen LogP contribution in [-0.2, 0) is 17.8 Å². The van der Waals surface area contributed by atoms with Crippen molar-refractivity contribution in [3.05, 3.63) is 58.8 Å². The van der Waals surface area contributed by atoms with E-state index in [0.29, 0.717) is 16.4 Å². The number of carbonyl (C=O) groups excluding carboxylic acids is 1. The number of anilines is 1. The Morgan fingerprint density at radius 1 is 1.30 bits per heavy atom. The van der Waals surface area contributed by atoms with Crippen LogP contribution in [0.15, 0.2) is 36.8 Å². The molecular weight excluding hydrogens is 400 g/mol. The maximum Gasteiger partial charge on any atom is 0.232 e. The lowest BCUT2D eigenvalue weighted by Gasteiger charge is -2.15. The topological polar surface area (TPSA) is 96.5 Å². The van der Waals surface area contributed by atoms with E-state index in [1.54, 1.807) is 31.3 Å². The summed E-state index contributed by atoms with van der Waals surface area (Å²) in [5, 5.41) is 16.9. The average molecular weight is 421 g/mol. The molecular formula is C22H21ClN6O. The van der Waals surface area contributed by atoms with Crippen LogP contribution in [0.4, 0.5) is 5.82 Å². The summed E-state index contributed by atoms with van der Waals surface area (Å²) in [7, 11) is 0. The van der Waals surface area contributed by atoms with E-state index in [1.165, 1.54) is 6.20 Å². The summed E-state index contributed by atoms with van der Waals surface area (Å²) in [6.45, 7) is 7.06. The Labute approximate surface area is 179 Å². The van der Waals surface area contributed by atoms with Crippen LogP contribution in [0, 0.1) is 16.7 Å². The van der Waals surface area contributed by atoms with Gasteiger partial charge in [-0.3, -0.25) is 9.48 Å². The fraction of sp³-hybridized carbons (Fsp3) is 0.318. The molecule has 0 spiro atoms. The summed E-state index contributed by atoms with van der Waals surface area (Å²) < 4.78 is 2.02. The number of hydrogen-bond donors (Lipinski definition) is 1. The molecule has 0 aliphatic carbocycles. The lowest BCUT2D eigenvalue weighted by molar-refractivity contribution is -0.117. The average Bonchev–Trinajstić information content (AvgIpc) is 3.23. The summed E-state index contributed by atoms with van der Waals surface area (Å²) in [5.74, 6) is -0.285. The minimum absolute atomic E-state index is 0.150. The second kappa shape index (κ2) is 7.54. The van der Waals surface area contributed by atoms with Crippen LogP contribution >= 0.6 is 11.6 Å². The van der Waals surface area contributed by atoms with Crippen LogP contribution in [-0.4, -0.2) is 25.7 Å². The molecule has 0 unspecified atom stereocenters. The third-order valence-electron chi connectivity index (χ3n) is 5.36. The van der Waals surface area contributed by atoms with Crippen LogP contribution in [0.3, 0.4) is 0 Å². The molecule has 0 bridgehead atoms. The van der Waals surface area contributed by atoms with Crippen molar-refractivity contribution in [3.63, 3.8) is 0 Å². The SMILES string of the molecule is C[C@H](C(=O)Nc1cc(-c2cnn3c2CC(C)(C)C3)c(Cl)cn1)c1ccnc(C#N)c1. The number of aromatic nitrogens is 4. The van der Waals surface area contributed by atoms with Crippen molar-refractivity contribution < 1.29 is 4.79 Å². The first kappa shape index (κ1) is 20.0. The van der Waals surface area contributed by atoms with Gasteiger partial charge in [0, 0.05) is 35.8 Å². The van der Waals surface area contributed by atoms with Crippen molar-refractivity contribution in [2.24, 2.45) is 5.41 Å². The molecule has 0 aromatic carbocycles. The largest absolute Gasteiger partial charge is 0.310 e. The molecule has 30 heavy (non-hydrogen) atoms. The predicted molar refractivity (Wildman–Crippen MR) is 114 cm³/mol. The number of pyridine rings is 2. The van der Waals surface area contributed by atoms with Crippen LogP contribution < -0.4 is 5.32 Å². The quantitative estimate of drug-likeness (QED) is 0.682. The Bertz CT molecular complexity index is 1180. The minimum atomic E-state index is -0.470. The van der Waals surface area contributed by atoms with Gasteiger partial charge in [-0.1, -0.05) is 25.4 Å². The number of hydrogen-bond acceptors (Lipinski definition) is 5. The highest BCUT2D eigenvalue weighted by atomic mass is 35.5. The Morgan fingerprint density at radius 2 is 2.10 bits per heavy atom. The molecule has 8 heteroatoms. The second-order valence-corrected chi connectivity index (χ2v) is 8.76. The van der Waals surface area contributed by atoms with Gasteiger partial charge in [0.05, 0.1) is 17.1 Å². The van der Waals surface area contributed by atoms with Gasteiger partial charge in [-0.15, -0.1) is 0 Å². The summed E-state index contributed by atoms with van der Waals surface area (Å²) >= 11 is 6.44. The van der Waals surface area contributed by atoms with Gasteiger partial charge in [0.15, 0.2) is 0 Å². The number of rotatable bonds is 4. The van der Waals surface area contributed by atoms with Crippen LogP contribution in [0.25, 0.3) is 11.1 Å². The normalized spacial score (nSPS) is 15.3. The Hall–Kier alpha value is -3.24. The van der Waals surface area contributed by atoms with E-state index in [2.05, 4.69) is 34.2 Å². The van der Waals surface area contributed by atoms with E-state index in [0.717, 1.165) is 29.8 Å². The third-order valence-corrected chi connectivity index (χ3v) is 5.66. The zero-order valence-corrected chi connectivity index (χ0v) is 17.7. The lowest BCUT2D eigenvalue weighted by atomic mass is 9.89. The molecule has 4 rings (SSSR count). The minimum Gasteiger partial charge on any atom is -0.310 e. The molecule has 1 aliphatic rings. The lowest BCUT2D eigenvalue weighted by Crippen LogP contribution is -2.19. The first-order valence-corrected chi connectivity index (χ1v) is 10.0. The molecule has 0 radical (unpaired) electrons. The number of nitrogens with one attached hydrogen (secondary N) is 1. The standard InChI is InChI=1S/C22H21ClN6O/c1-13(14-4-5-25-15(6-14)9-24)21(30)28-20-7-16(18(23)11-26-20)17-10-27-29-12-22(2,3)8-19(17)29/h4-7,10-11,13H,8,12H2,1-3H3,(H,26,28,30)/t13-/m0/s1. The van der Waals surface area contributed by atoms with Crippen molar-refractivity contribution in [1.29, 1.82) is 5.26 Å². The number of halogens is 1. The molecule has 0 fully saturated rings. The number of nitriles is 1. The van der Waals surface area contributed by atoms with Crippen molar-refractivity contribution in [2.75, 3.05) is 5.32 Å². The van der Waals surface area contributed by atoms with E-state index in [4.69, 9.17) is 16.9 Å². The molecule has 7 nitrogen and oxygen atoms in total. The molecule has 3 aromatic heterocycles. The number of amides is 1. The molecule has 3 aromatic rings. The van der Waals surface area contributed by atoms with Crippen LogP contribution in [0.5, 0.6) is 0 Å². The molecule has 1 atom stereocenters. The van der Waals surface area contributed by atoms with Gasteiger partial charge in [0.1, 0.15) is 17.6 Å². The van der Waals surface area contributed by atoms with Gasteiger partial charge in [-0.2, -0.15) is 10.4 Å². The van der Waals surface area contributed by atoms with Gasteiger partial charge in [-0.25, -0.2) is 9.97 Å². The Kier molecular flexibility index (Phi) is 5.04. The summed E-state index contributed by atoms with van der Waals surface area (Å²) in [6, 6.07) is 7.11. The number of fused-ring (bicyclic) bond motifs is 1. The number of nitrogens with zero attached hydrogens (tertiary/aromatic N) is 5. The van der Waals surface area contributed by atoms with Gasteiger partial charge in [0.25, 0.3) is 0 Å². The van der Waals surface area contributed by atoms with Gasteiger partial charge >= 0.3 is 0 Å². The highest BCUT2D eigenvalue weighted by Gasteiger charge is 2.32.